The lowest BCUT2D eigenvalue weighted by Gasteiger charge is -2.15. The predicted molar refractivity (Wildman–Crippen MR) is 108 cm³/mol. The van der Waals surface area contributed by atoms with E-state index in [1.54, 1.807) is 30.3 Å². The first-order chi connectivity index (χ1) is 15.7. The van der Waals surface area contributed by atoms with Gasteiger partial charge in [0.2, 0.25) is 11.7 Å². The standard InChI is InChI=1S/C22H17F4N5O2/c23-13-8-12-6-7-15(19(32)28-17(12)14(24)9-13)27-20(33)18-29-21-22(25,26)10-16(31(21)30-18)11-4-2-1-3-5-11/h1-5,8-9,15-16H,6-7,10H2,(H,27,33)(H,28,32)/t15-,16?/m0/s1. The molecule has 33 heavy (non-hydrogen) atoms. The third-order valence-electron chi connectivity index (χ3n) is 5.80. The van der Waals surface area contributed by atoms with Gasteiger partial charge in [-0.1, -0.05) is 30.3 Å². The van der Waals surface area contributed by atoms with Crippen molar-refractivity contribution in [2.24, 2.45) is 0 Å². The molecule has 0 fully saturated rings. The summed E-state index contributed by atoms with van der Waals surface area (Å²) >= 11 is 0. The van der Waals surface area contributed by atoms with Crippen LogP contribution in [-0.4, -0.2) is 32.6 Å². The number of fused-ring (bicyclic) bond motifs is 2. The van der Waals surface area contributed by atoms with Crippen molar-refractivity contribution >= 4 is 17.5 Å². The second-order valence-corrected chi connectivity index (χ2v) is 8.01. The Morgan fingerprint density at radius 2 is 1.94 bits per heavy atom. The van der Waals surface area contributed by atoms with Crippen LogP contribution in [0, 0.1) is 11.6 Å². The van der Waals surface area contributed by atoms with Crippen molar-refractivity contribution in [1.29, 1.82) is 0 Å². The Balaban J connectivity index is 1.37. The van der Waals surface area contributed by atoms with Gasteiger partial charge in [0, 0.05) is 12.5 Å². The molecular formula is C22H17F4N5O2. The lowest BCUT2D eigenvalue weighted by molar-refractivity contribution is -0.118. The molecule has 2 aliphatic heterocycles. The van der Waals surface area contributed by atoms with Crippen LogP contribution < -0.4 is 10.6 Å². The molecule has 1 unspecified atom stereocenters. The van der Waals surface area contributed by atoms with E-state index in [1.165, 1.54) is 0 Å². The Bertz CT molecular complexity index is 1260. The van der Waals surface area contributed by atoms with Gasteiger partial charge in [-0.3, -0.25) is 9.59 Å². The minimum absolute atomic E-state index is 0.0455. The van der Waals surface area contributed by atoms with Crippen LogP contribution in [-0.2, 0) is 17.1 Å². The summed E-state index contributed by atoms with van der Waals surface area (Å²) in [4.78, 5) is 29.0. The summed E-state index contributed by atoms with van der Waals surface area (Å²) in [6, 6.07) is 8.41. The third-order valence-corrected chi connectivity index (χ3v) is 5.80. The van der Waals surface area contributed by atoms with Crippen molar-refractivity contribution in [3.8, 4) is 0 Å². The summed E-state index contributed by atoms with van der Waals surface area (Å²) in [6.45, 7) is 0. The van der Waals surface area contributed by atoms with E-state index in [2.05, 4.69) is 20.7 Å². The van der Waals surface area contributed by atoms with Crippen molar-refractivity contribution in [3.05, 3.63) is 76.9 Å². The van der Waals surface area contributed by atoms with Crippen molar-refractivity contribution in [2.45, 2.75) is 37.3 Å². The molecule has 0 saturated carbocycles. The van der Waals surface area contributed by atoms with Crippen LogP contribution in [0.4, 0.5) is 23.2 Å². The number of hydrogen-bond acceptors (Lipinski definition) is 4. The minimum Gasteiger partial charge on any atom is -0.337 e. The van der Waals surface area contributed by atoms with Crippen molar-refractivity contribution in [3.63, 3.8) is 0 Å². The summed E-state index contributed by atoms with van der Waals surface area (Å²) in [5.41, 5.74) is 0.701. The Labute approximate surface area is 184 Å². The fraction of sp³-hybridized carbons (Fsp3) is 0.273. The average Bonchev–Trinajstić information content (AvgIpc) is 3.28. The fourth-order valence-electron chi connectivity index (χ4n) is 4.21. The SMILES string of the molecule is O=C(N[C@H]1CCc2cc(F)cc(F)c2NC1=O)c1nc2n(n1)C(c1ccccc1)CC2(F)F. The topological polar surface area (TPSA) is 88.9 Å². The molecule has 2 N–H and O–H groups in total. The Kier molecular flexibility index (Phi) is 4.91. The molecule has 0 spiro atoms. The summed E-state index contributed by atoms with van der Waals surface area (Å²) < 4.78 is 57.7. The maximum absolute atomic E-state index is 14.6. The lowest BCUT2D eigenvalue weighted by atomic mass is 10.0. The number of alkyl halides is 2. The second-order valence-electron chi connectivity index (χ2n) is 8.01. The number of carbonyl (C=O) groups is 2. The lowest BCUT2D eigenvalue weighted by Crippen LogP contribution is -2.43. The smallest absolute Gasteiger partial charge is 0.308 e. The highest BCUT2D eigenvalue weighted by atomic mass is 19.3. The molecule has 11 heteroatoms. The molecule has 3 heterocycles. The second kappa shape index (κ2) is 7.68. The van der Waals surface area contributed by atoms with E-state index in [0.29, 0.717) is 11.6 Å². The average molecular weight is 459 g/mol. The van der Waals surface area contributed by atoms with E-state index in [4.69, 9.17) is 0 Å². The number of halogens is 4. The Hall–Kier alpha value is -3.76. The monoisotopic (exact) mass is 459 g/mol. The van der Waals surface area contributed by atoms with Crippen LogP contribution in [0.25, 0.3) is 0 Å². The zero-order valence-electron chi connectivity index (χ0n) is 17.0. The van der Waals surface area contributed by atoms with Crippen molar-refractivity contribution < 1.29 is 27.2 Å². The quantitative estimate of drug-likeness (QED) is 0.589. The number of nitrogens with zero attached hydrogens (tertiary/aromatic N) is 3. The van der Waals surface area contributed by atoms with Gasteiger partial charge in [0.1, 0.15) is 17.7 Å². The summed E-state index contributed by atoms with van der Waals surface area (Å²) in [5, 5.41) is 8.75. The molecule has 7 nitrogen and oxygen atoms in total. The van der Waals surface area contributed by atoms with Gasteiger partial charge in [0.15, 0.2) is 5.82 Å². The molecule has 5 rings (SSSR count). The van der Waals surface area contributed by atoms with Gasteiger partial charge in [0.25, 0.3) is 5.91 Å². The van der Waals surface area contributed by atoms with Gasteiger partial charge in [-0.2, -0.15) is 8.78 Å². The first-order valence-corrected chi connectivity index (χ1v) is 10.2. The van der Waals surface area contributed by atoms with Crippen LogP contribution >= 0.6 is 0 Å². The molecule has 0 aliphatic carbocycles. The summed E-state index contributed by atoms with van der Waals surface area (Å²) in [5.74, 6) is -7.76. The number of aromatic nitrogens is 3. The minimum atomic E-state index is -3.28. The highest BCUT2D eigenvalue weighted by molar-refractivity contribution is 6.00. The summed E-state index contributed by atoms with van der Waals surface area (Å²) in [7, 11) is 0. The maximum Gasteiger partial charge on any atom is 0.308 e. The first kappa shape index (κ1) is 21.1. The molecular weight excluding hydrogens is 442 g/mol. The van der Waals surface area contributed by atoms with Gasteiger partial charge in [0.05, 0.1) is 11.7 Å². The largest absolute Gasteiger partial charge is 0.337 e. The summed E-state index contributed by atoms with van der Waals surface area (Å²) in [6.07, 6.45) is -0.377. The number of amides is 2. The van der Waals surface area contributed by atoms with Gasteiger partial charge >= 0.3 is 5.92 Å². The van der Waals surface area contributed by atoms with E-state index in [1.807, 2.05) is 0 Å². The normalized spacial score (nSPS) is 21.0. The van der Waals surface area contributed by atoms with Crippen molar-refractivity contribution in [1.82, 2.24) is 20.1 Å². The van der Waals surface area contributed by atoms with Crippen LogP contribution in [0.2, 0.25) is 0 Å². The zero-order valence-corrected chi connectivity index (χ0v) is 17.0. The Morgan fingerprint density at radius 1 is 1.18 bits per heavy atom. The highest BCUT2D eigenvalue weighted by Crippen LogP contribution is 2.45. The van der Waals surface area contributed by atoms with Gasteiger partial charge < -0.3 is 10.6 Å². The first-order valence-electron chi connectivity index (χ1n) is 10.2. The molecule has 0 bridgehead atoms. The third kappa shape index (κ3) is 3.73. The van der Waals surface area contributed by atoms with Crippen LogP contribution in [0.15, 0.2) is 42.5 Å². The zero-order chi connectivity index (χ0) is 23.3. The van der Waals surface area contributed by atoms with Crippen LogP contribution in [0.1, 0.15) is 46.5 Å². The Morgan fingerprint density at radius 3 is 2.70 bits per heavy atom. The molecule has 2 atom stereocenters. The molecule has 2 amide bonds. The number of carbonyl (C=O) groups excluding carboxylic acids is 2. The van der Waals surface area contributed by atoms with E-state index in [9.17, 15) is 27.2 Å². The van der Waals surface area contributed by atoms with E-state index in [0.717, 1.165) is 10.7 Å². The fourth-order valence-corrected chi connectivity index (χ4v) is 4.21. The van der Waals surface area contributed by atoms with Crippen LogP contribution in [0.3, 0.4) is 0 Å². The highest BCUT2D eigenvalue weighted by Gasteiger charge is 2.49. The van der Waals surface area contributed by atoms with Crippen molar-refractivity contribution in [2.75, 3.05) is 5.32 Å². The molecule has 2 aliphatic rings. The predicted octanol–water partition coefficient (Wildman–Crippen LogP) is 3.32. The maximum atomic E-state index is 14.6. The molecule has 3 aromatic rings. The van der Waals surface area contributed by atoms with Gasteiger partial charge in [-0.15, -0.1) is 5.10 Å². The molecule has 0 saturated heterocycles. The number of benzene rings is 2. The number of anilines is 1. The van der Waals surface area contributed by atoms with Crippen LogP contribution in [0.5, 0.6) is 0 Å². The molecule has 0 radical (unpaired) electrons. The number of hydrogen-bond donors (Lipinski definition) is 2. The van der Waals surface area contributed by atoms with Gasteiger partial charge in [-0.25, -0.2) is 18.4 Å². The van der Waals surface area contributed by atoms with Gasteiger partial charge in [-0.05, 0) is 30.0 Å². The number of aryl methyl sites for hydroxylation is 1. The van der Waals surface area contributed by atoms with E-state index < -0.39 is 59.5 Å². The van der Waals surface area contributed by atoms with E-state index in [-0.39, 0.29) is 24.1 Å². The molecule has 1 aromatic heterocycles. The number of rotatable bonds is 3. The number of nitrogens with one attached hydrogen (secondary N) is 2. The molecule has 170 valence electrons. The molecule has 2 aromatic carbocycles. The van der Waals surface area contributed by atoms with E-state index >= 15 is 0 Å².